The van der Waals surface area contributed by atoms with Gasteiger partial charge >= 0.3 is 0 Å². The fourth-order valence-electron chi connectivity index (χ4n) is 2.63. The Bertz CT molecular complexity index is 692. The Labute approximate surface area is 123 Å². The molecule has 2 aromatic heterocycles. The van der Waals surface area contributed by atoms with E-state index in [0.29, 0.717) is 6.54 Å². The first-order chi connectivity index (χ1) is 10.2. The van der Waals surface area contributed by atoms with Crippen LogP contribution in [0.15, 0.2) is 58.4 Å². The topological polar surface area (TPSA) is 60.4 Å². The highest BCUT2D eigenvalue weighted by Crippen LogP contribution is 2.34. The van der Waals surface area contributed by atoms with Gasteiger partial charge in [-0.3, -0.25) is 0 Å². The Morgan fingerprint density at radius 3 is 3.00 bits per heavy atom. The lowest BCUT2D eigenvalue weighted by atomic mass is 9.79. The van der Waals surface area contributed by atoms with E-state index in [9.17, 15) is 4.91 Å². The number of aromatic nitrogens is 2. The van der Waals surface area contributed by atoms with Crippen LogP contribution >= 0.6 is 0 Å². The Hall–Kier alpha value is -2.43. The minimum atomic E-state index is -0.446. The van der Waals surface area contributed by atoms with Gasteiger partial charge in [0.25, 0.3) is 0 Å². The molecule has 2 heterocycles. The van der Waals surface area contributed by atoms with Gasteiger partial charge in [0.1, 0.15) is 17.3 Å². The number of hydrogen-bond acceptors (Lipinski definition) is 4. The summed E-state index contributed by atoms with van der Waals surface area (Å²) in [5, 5.41) is 3.10. The molecular formula is C16H17N3O2. The molecule has 0 saturated heterocycles. The Morgan fingerprint density at radius 2 is 2.33 bits per heavy atom. The van der Waals surface area contributed by atoms with E-state index >= 15 is 0 Å². The molecule has 0 fully saturated rings. The fraction of sp³-hybridized carbons (Fsp3) is 0.312. The molecule has 0 saturated carbocycles. The van der Waals surface area contributed by atoms with E-state index in [4.69, 9.17) is 4.42 Å². The monoisotopic (exact) mass is 283 g/mol. The van der Waals surface area contributed by atoms with Gasteiger partial charge < -0.3 is 8.98 Å². The van der Waals surface area contributed by atoms with Crippen molar-refractivity contribution in [2.45, 2.75) is 25.3 Å². The summed E-state index contributed by atoms with van der Waals surface area (Å²) in [5.41, 5.74) is -0.446. The quantitative estimate of drug-likeness (QED) is 0.790. The highest BCUT2D eigenvalue weighted by Gasteiger charge is 2.33. The molecule has 0 bridgehead atoms. The van der Waals surface area contributed by atoms with Crippen LogP contribution in [0.4, 0.5) is 0 Å². The van der Waals surface area contributed by atoms with Crippen molar-refractivity contribution >= 4 is 0 Å². The number of furan rings is 1. The predicted molar refractivity (Wildman–Crippen MR) is 80.0 cm³/mol. The fourth-order valence-corrected chi connectivity index (χ4v) is 2.63. The Balaban J connectivity index is 1.86. The molecule has 0 aromatic carbocycles. The van der Waals surface area contributed by atoms with Crippen LogP contribution in [0.2, 0.25) is 0 Å². The molecular weight excluding hydrogens is 266 g/mol. The largest absolute Gasteiger partial charge is 0.463 e. The molecule has 1 aliphatic carbocycles. The SMILES string of the molecule is Cc1nccn1Cc1ccc(C2(CN=O)C=CC=CC2)o1. The maximum absolute atomic E-state index is 10.8. The summed E-state index contributed by atoms with van der Waals surface area (Å²) in [6, 6.07) is 3.89. The average molecular weight is 283 g/mol. The minimum Gasteiger partial charge on any atom is -0.463 e. The number of nitroso groups, excluding NO2 is 1. The van der Waals surface area contributed by atoms with Gasteiger partial charge in [-0.25, -0.2) is 4.98 Å². The maximum atomic E-state index is 10.8. The van der Waals surface area contributed by atoms with Gasteiger partial charge in [0.05, 0.1) is 18.5 Å². The lowest BCUT2D eigenvalue weighted by Crippen LogP contribution is -2.27. The van der Waals surface area contributed by atoms with Crippen LogP contribution in [0.1, 0.15) is 23.8 Å². The van der Waals surface area contributed by atoms with Gasteiger partial charge in [-0.15, -0.1) is 0 Å². The van der Waals surface area contributed by atoms with Crippen LogP contribution in [0.3, 0.4) is 0 Å². The lowest BCUT2D eigenvalue weighted by molar-refractivity contribution is 0.374. The molecule has 0 aliphatic heterocycles. The van der Waals surface area contributed by atoms with Crippen LogP contribution in [-0.2, 0) is 12.0 Å². The van der Waals surface area contributed by atoms with Crippen molar-refractivity contribution in [3.63, 3.8) is 0 Å². The summed E-state index contributed by atoms with van der Waals surface area (Å²) in [4.78, 5) is 15.0. The second-order valence-corrected chi connectivity index (χ2v) is 5.30. The van der Waals surface area contributed by atoms with E-state index in [1.165, 1.54) is 0 Å². The smallest absolute Gasteiger partial charge is 0.123 e. The first-order valence-corrected chi connectivity index (χ1v) is 6.94. The van der Waals surface area contributed by atoms with Crippen LogP contribution in [0, 0.1) is 11.8 Å². The van der Waals surface area contributed by atoms with E-state index in [2.05, 4.69) is 10.2 Å². The summed E-state index contributed by atoms with van der Waals surface area (Å²) in [5.74, 6) is 2.58. The molecule has 0 radical (unpaired) electrons. The predicted octanol–water partition coefficient (Wildman–Crippen LogP) is 3.35. The number of rotatable bonds is 5. The average Bonchev–Trinajstić information content (AvgIpc) is 3.11. The number of nitrogens with zero attached hydrogens (tertiary/aromatic N) is 3. The Morgan fingerprint density at radius 1 is 1.43 bits per heavy atom. The first-order valence-electron chi connectivity index (χ1n) is 6.94. The Kier molecular flexibility index (Phi) is 3.56. The third-order valence-corrected chi connectivity index (χ3v) is 3.89. The summed E-state index contributed by atoms with van der Waals surface area (Å²) in [6.45, 7) is 2.78. The highest BCUT2D eigenvalue weighted by atomic mass is 16.3. The normalized spacial score (nSPS) is 20.8. The third kappa shape index (κ3) is 2.59. The zero-order chi connectivity index (χ0) is 14.7. The second kappa shape index (κ2) is 5.52. The van der Waals surface area contributed by atoms with Gasteiger partial charge in [0.15, 0.2) is 0 Å². The van der Waals surface area contributed by atoms with Gasteiger partial charge in [-0.05, 0) is 25.5 Å². The zero-order valence-corrected chi connectivity index (χ0v) is 11.9. The van der Waals surface area contributed by atoms with Crippen LogP contribution in [0.25, 0.3) is 0 Å². The highest BCUT2D eigenvalue weighted by molar-refractivity contribution is 5.31. The molecule has 1 aliphatic rings. The summed E-state index contributed by atoms with van der Waals surface area (Å²) < 4.78 is 7.99. The first kappa shape index (κ1) is 13.5. The van der Waals surface area contributed by atoms with Crippen molar-refractivity contribution in [1.82, 2.24) is 9.55 Å². The molecule has 1 unspecified atom stereocenters. The van der Waals surface area contributed by atoms with E-state index in [0.717, 1.165) is 23.8 Å². The van der Waals surface area contributed by atoms with Gasteiger partial charge in [0, 0.05) is 12.4 Å². The van der Waals surface area contributed by atoms with Crippen molar-refractivity contribution in [3.05, 3.63) is 71.1 Å². The minimum absolute atomic E-state index is 0.185. The summed E-state index contributed by atoms with van der Waals surface area (Å²) in [6.07, 6.45) is 12.4. The molecule has 108 valence electrons. The van der Waals surface area contributed by atoms with Crippen molar-refractivity contribution in [3.8, 4) is 0 Å². The maximum Gasteiger partial charge on any atom is 0.123 e. The number of aryl methyl sites for hydroxylation is 1. The van der Waals surface area contributed by atoms with Crippen molar-refractivity contribution < 1.29 is 4.42 Å². The molecule has 2 aromatic rings. The zero-order valence-electron chi connectivity index (χ0n) is 11.9. The van der Waals surface area contributed by atoms with Crippen LogP contribution < -0.4 is 0 Å². The molecule has 0 amide bonds. The van der Waals surface area contributed by atoms with E-state index in [-0.39, 0.29) is 6.54 Å². The van der Waals surface area contributed by atoms with Crippen LogP contribution in [-0.4, -0.2) is 16.1 Å². The molecule has 0 N–H and O–H groups in total. The molecule has 3 rings (SSSR count). The molecule has 1 atom stereocenters. The third-order valence-electron chi connectivity index (χ3n) is 3.89. The lowest BCUT2D eigenvalue weighted by Gasteiger charge is -2.25. The molecule has 0 spiro atoms. The second-order valence-electron chi connectivity index (χ2n) is 5.30. The standard InChI is InChI=1S/C16H17N3O2/c1-13-17-9-10-19(13)11-14-5-6-15(21-14)16(12-18-20)7-3-2-4-8-16/h2-7,9-10H,8,11-12H2,1H3. The number of allylic oxidation sites excluding steroid dienone is 3. The van der Waals surface area contributed by atoms with E-state index < -0.39 is 5.41 Å². The van der Waals surface area contributed by atoms with Crippen molar-refractivity contribution in [1.29, 1.82) is 0 Å². The van der Waals surface area contributed by atoms with Crippen molar-refractivity contribution in [2.24, 2.45) is 5.18 Å². The molecule has 5 nitrogen and oxygen atoms in total. The van der Waals surface area contributed by atoms with Crippen LogP contribution in [0.5, 0.6) is 0 Å². The van der Waals surface area contributed by atoms with Gasteiger partial charge in [-0.1, -0.05) is 29.5 Å². The van der Waals surface area contributed by atoms with Crippen molar-refractivity contribution in [2.75, 3.05) is 6.54 Å². The summed E-state index contributed by atoms with van der Waals surface area (Å²) >= 11 is 0. The van der Waals surface area contributed by atoms with E-state index in [1.807, 2.05) is 54.1 Å². The number of imidazole rings is 1. The molecule has 5 heteroatoms. The molecule has 21 heavy (non-hydrogen) atoms. The number of hydrogen-bond donors (Lipinski definition) is 0. The van der Waals surface area contributed by atoms with Gasteiger partial charge in [-0.2, -0.15) is 4.91 Å². The van der Waals surface area contributed by atoms with Gasteiger partial charge in [0.2, 0.25) is 0 Å². The van der Waals surface area contributed by atoms with E-state index in [1.54, 1.807) is 6.20 Å². The summed E-state index contributed by atoms with van der Waals surface area (Å²) in [7, 11) is 0.